The zero-order chi connectivity index (χ0) is 16.4. The molecule has 1 aliphatic heterocycles. The van der Waals surface area contributed by atoms with Crippen molar-refractivity contribution < 1.29 is 9.13 Å². The number of nitrogens with one attached hydrogen (secondary N) is 2. The van der Waals surface area contributed by atoms with Gasteiger partial charge in [-0.3, -0.25) is 4.98 Å². The van der Waals surface area contributed by atoms with Crippen LogP contribution >= 0.6 is 12.2 Å². The minimum atomic E-state index is -0.355. The van der Waals surface area contributed by atoms with Crippen molar-refractivity contribution in [1.82, 2.24) is 10.3 Å². The Morgan fingerprint density at radius 3 is 2.96 bits per heavy atom. The van der Waals surface area contributed by atoms with Crippen molar-refractivity contribution in [1.29, 1.82) is 0 Å². The maximum atomic E-state index is 13.6. The van der Waals surface area contributed by atoms with Crippen LogP contribution in [0.3, 0.4) is 0 Å². The van der Waals surface area contributed by atoms with Crippen LogP contribution in [0, 0.1) is 5.82 Å². The van der Waals surface area contributed by atoms with Crippen LogP contribution in [0.1, 0.15) is 31.9 Å². The van der Waals surface area contributed by atoms with Gasteiger partial charge in [0.25, 0.3) is 0 Å². The molecule has 0 saturated heterocycles. The quantitative estimate of drug-likeness (QED) is 0.820. The lowest BCUT2D eigenvalue weighted by Crippen LogP contribution is -2.42. The average molecular weight is 331 g/mol. The molecule has 4 nitrogen and oxygen atoms in total. The van der Waals surface area contributed by atoms with E-state index >= 15 is 0 Å². The number of hydrogen-bond acceptors (Lipinski definition) is 3. The lowest BCUT2D eigenvalue weighted by atomic mass is 9.90. The highest BCUT2D eigenvalue weighted by molar-refractivity contribution is 7.80. The van der Waals surface area contributed by atoms with Crippen LogP contribution in [0.5, 0.6) is 5.75 Å². The first-order chi connectivity index (χ1) is 10.9. The smallest absolute Gasteiger partial charge is 0.171 e. The Morgan fingerprint density at radius 2 is 2.22 bits per heavy atom. The van der Waals surface area contributed by atoms with Crippen LogP contribution in [-0.2, 0) is 0 Å². The minimum absolute atomic E-state index is 0.124. The molecule has 0 spiro atoms. The van der Waals surface area contributed by atoms with E-state index in [1.807, 2.05) is 26.0 Å². The van der Waals surface area contributed by atoms with Crippen molar-refractivity contribution in [2.45, 2.75) is 31.9 Å². The monoisotopic (exact) mass is 331 g/mol. The Balaban J connectivity index is 1.79. The maximum absolute atomic E-state index is 13.6. The lowest BCUT2D eigenvalue weighted by Gasteiger charge is -2.38. The summed E-state index contributed by atoms with van der Waals surface area (Å²) in [5, 5.41) is 6.81. The van der Waals surface area contributed by atoms with Gasteiger partial charge in [-0.15, -0.1) is 0 Å². The van der Waals surface area contributed by atoms with E-state index in [0.717, 1.165) is 11.3 Å². The number of ether oxygens (including phenoxy) is 1. The molecule has 0 radical (unpaired) electrons. The van der Waals surface area contributed by atoms with E-state index in [-0.39, 0.29) is 17.5 Å². The van der Waals surface area contributed by atoms with Gasteiger partial charge in [-0.1, -0.05) is 0 Å². The maximum Gasteiger partial charge on any atom is 0.171 e. The fourth-order valence-corrected chi connectivity index (χ4v) is 2.98. The summed E-state index contributed by atoms with van der Waals surface area (Å²) in [5.41, 5.74) is 1.22. The fourth-order valence-electron chi connectivity index (χ4n) is 2.72. The molecule has 0 saturated carbocycles. The van der Waals surface area contributed by atoms with Gasteiger partial charge in [-0.05, 0) is 56.4 Å². The van der Waals surface area contributed by atoms with Crippen molar-refractivity contribution in [3.63, 3.8) is 0 Å². The Bertz CT molecular complexity index is 721. The highest BCUT2D eigenvalue weighted by Crippen LogP contribution is 2.39. The van der Waals surface area contributed by atoms with Gasteiger partial charge >= 0.3 is 0 Å². The van der Waals surface area contributed by atoms with Crippen LogP contribution in [0.2, 0.25) is 0 Å². The summed E-state index contributed by atoms with van der Waals surface area (Å²) >= 11 is 5.37. The van der Waals surface area contributed by atoms with E-state index in [4.69, 9.17) is 17.0 Å². The normalized spacial score (nSPS) is 18.5. The van der Waals surface area contributed by atoms with Gasteiger partial charge in [0.15, 0.2) is 5.11 Å². The summed E-state index contributed by atoms with van der Waals surface area (Å²) in [6.07, 6.45) is 4.06. The van der Waals surface area contributed by atoms with Crippen LogP contribution < -0.4 is 15.4 Å². The molecular formula is C17H18FN3OS. The van der Waals surface area contributed by atoms with Crippen LogP contribution in [0.15, 0.2) is 42.7 Å². The third-order valence-electron chi connectivity index (χ3n) is 3.65. The van der Waals surface area contributed by atoms with E-state index in [9.17, 15) is 4.39 Å². The summed E-state index contributed by atoms with van der Waals surface area (Å²) in [6.45, 7) is 4.01. The van der Waals surface area contributed by atoms with Crippen molar-refractivity contribution >= 4 is 23.0 Å². The number of benzene rings is 1. The molecule has 2 heterocycles. The molecule has 0 bridgehead atoms. The zero-order valence-corrected chi connectivity index (χ0v) is 13.8. The predicted molar refractivity (Wildman–Crippen MR) is 92.1 cm³/mol. The van der Waals surface area contributed by atoms with Gasteiger partial charge < -0.3 is 15.4 Å². The molecule has 1 aromatic heterocycles. The molecule has 6 heteroatoms. The Labute approximate surface area is 140 Å². The predicted octanol–water partition coefficient (Wildman–Crippen LogP) is 3.81. The molecule has 0 amide bonds. The topological polar surface area (TPSA) is 46.2 Å². The van der Waals surface area contributed by atoms with Crippen LogP contribution in [0.25, 0.3) is 0 Å². The van der Waals surface area contributed by atoms with Gasteiger partial charge in [0.1, 0.15) is 17.2 Å². The van der Waals surface area contributed by atoms with Crippen molar-refractivity contribution in [3.05, 3.63) is 54.1 Å². The third kappa shape index (κ3) is 3.76. The average Bonchev–Trinajstić information content (AvgIpc) is 2.48. The molecule has 3 rings (SSSR count). The molecule has 1 aliphatic rings. The summed E-state index contributed by atoms with van der Waals surface area (Å²) in [5.74, 6) is 0.398. The second kappa shape index (κ2) is 6.12. The standard InChI is InChI=1S/C17H18FN3OS/c1-17(2)9-14(13-8-11(18)5-6-15(13)22-17)21-16(23)20-12-4-3-7-19-10-12/h3-8,10,14H,9H2,1-2H3,(H2,20,21,23)/t14-/m1/s1. The van der Waals surface area contributed by atoms with Gasteiger partial charge in [-0.25, -0.2) is 4.39 Å². The fraction of sp³-hybridized carbons (Fsp3) is 0.294. The van der Waals surface area contributed by atoms with Crippen molar-refractivity contribution in [2.75, 3.05) is 5.32 Å². The lowest BCUT2D eigenvalue weighted by molar-refractivity contribution is 0.0694. The second-order valence-electron chi connectivity index (χ2n) is 6.14. The Kier molecular flexibility index (Phi) is 4.17. The zero-order valence-electron chi connectivity index (χ0n) is 13.0. The number of pyridine rings is 1. The minimum Gasteiger partial charge on any atom is -0.487 e. The summed E-state index contributed by atoms with van der Waals surface area (Å²) in [6, 6.07) is 8.15. The number of rotatable bonds is 2. The van der Waals surface area contributed by atoms with E-state index in [1.54, 1.807) is 18.5 Å². The van der Waals surface area contributed by atoms with E-state index < -0.39 is 0 Å². The molecule has 1 atom stereocenters. The number of halogens is 1. The van der Waals surface area contributed by atoms with Gasteiger partial charge in [0.2, 0.25) is 0 Å². The number of nitrogens with zero attached hydrogens (tertiary/aromatic N) is 1. The SMILES string of the molecule is CC1(C)C[C@@H](NC(=S)Nc2cccnc2)c2cc(F)ccc2O1. The number of thiocarbonyl (C=S) groups is 1. The van der Waals surface area contributed by atoms with Crippen molar-refractivity contribution in [2.24, 2.45) is 0 Å². The van der Waals surface area contributed by atoms with Crippen molar-refractivity contribution in [3.8, 4) is 5.75 Å². The highest BCUT2D eigenvalue weighted by atomic mass is 32.1. The molecule has 0 fully saturated rings. The van der Waals surface area contributed by atoms with Gasteiger partial charge in [-0.2, -0.15) is 0 Å². The second-order valence-corrected chi connectivity index (χ2v) is 6.55. The summed E-state index contributed by atoms with van der Waals surface area (Å²) in [7, 11) is 0. The Hall–Kier alpha value is -2.21. The largest absolute Gasteiger partial charge is 0.487 e. The third-order valence-corrected chi connectivity index (χ3v) is 3.87. The number of fused-ring (bicyclic) bond motifs is 1. The highest BCUT2D eigenvalue weighted by Gasteiger charge is 2.34. The summed E-state index contributed by atoms with van der Waals surface area (Å²) < 4.78 is 19.5. The van der Waals surface area contributed by atoms with Crippen LogP contribution in [0.4, 0.5) is 10.1 Å². The van der Waals surface area contributed by atoms with E-state index in [1.165, 1.54) is 12.1 Å². The molecular weight excluding hydrogens is 313 g/mol. The molecule has 120 valence electrons. The molecule has 1 aromatic carbocycles. The van der Waals surface area contributed by atoms with Gasteiger partial charge in [0.05, 0.1) is 17.9 Å². The first-order valence-electron chi connectivity index (χ1n) is 7.39. The molecule has 2 N–H and O–H groups in total. The summed E-state index contributed by atoms with van der Waals surface area (Å²) in [4.78, 5) is 4.04. The first kappa shape index (κ1) is 15.7. The first-order valence-corrected chi connectivity index (χ1v) is 7.80. The Morgan fingerprint density at radius 1 is 1.39 bits per heavy atom. The molecule has 23 heavy (non-hydrogen) atoms. The van der Waals surface area contributed by atoms with Crippen LogP contribution in [-0.4, -0.2) is 15.7 Å². The molecule has 0 unspecified atom stereocenters. The van der Waals surface area contributed by atoms with Gasteiger partial charge in [0, 0.05) is 18.2 Å². The molecule has 2 aromatic rings. The van der Waals surface area contributed by atoms with E-state index in [2.05, 4.69) is 15.6 Å². The van der Waals surface area contributed by atoms with E-state index in [0.29, 0.717) is 17.3 Å². The number of hydrogen-bond donors (Lipinski definition) is 2. The molecule has 0 aliphatic carbocycles. The number of anilines is 1. The number of aromatic nitrogens is 1.